The fourth-order valence-corrected chi connectivity index (χ4v) is 4.25. The lowest BCUT2D eigenvalue weighted by atomic mass is 9.93. The van der Waals surface area contributed by atoms with Gasteiger partial charge in [0.2, 0.25) is 0 Å². The van der Waals surface area contributed by atoms with Gasteiger partial charge in [-0.1, -0.05) is 23.7 Å². The number of carbonyl (C=O) groups is 3. The van der Waals surface area contributed by atoms with Gasteiger partial charge in [0, 0.05) is 28.1 Å². The molecule has 2 heterocycles. The zero-order chi connectivity index (χ0) is 22.7. The molecule has 164 valence electrons. The zero-order valence-corrected chi connectivity index (χ0v) is 18.6. The van der Waals surface area contributed by atoms with Crippen molar-refractivity contribution in [2.75, 3.05) is 0 Å². The Labute approximate surface area is 192 Å². The first-order valence-electron chi connectivity index (χ1n) is 9.83. The number of hydrazine groups is 1. The minimum absolute atomic E-state index is 0.0839. The van der Waals surface area contributed by atoms with E-state index >= 15 is 0 Å². The number of amides is 3. The first-order valence-corrected chi connectivity index (χ1v) is 11.1. The third kappa shape index (κ3) is 4.58. The van der Waals surface area contributed by atoms with Crippen LogP contribution in [0.2, 0.25) is 5.02 Å². The maximum Gasteiger partial charge on any atom is 0.305 e. The average Bonchev–Trinajstić information content (AvgIpc) is 3.44. The molecule has 8 nitrogen and oxygen atoms in total. The number of carbonyl (C=O) groups excluding carboxylic acids is 3. The highest BCUT2D eigenvalue weighted by molar-refractivity contribution is 7.12. The van der Waals surface area contributed by atoms with Crippen LogP contribution in [0.3, 0.4) is 0 Å². The molecule has 0 saturated heterocycles. The number of fused-ring (bicyclic) bond motifs is 1. The largest absolute Gasteiger partial charge is 0.455 e. The molecular formula is C22H19ClN4O4S. The molecule has 32 heavy (non-hydrogen) atoms. The van der Waals surface area contributed by atoms with Gasteiger partial charge in [0.1, 0.15) is 5.76 Å². The van der Waals surface area contributed by atoms with Gasteiger partial charge in [0.15, 0.2) is 5.76 Å². The lowest BCUT2D eigenvalue weighted by molar-refractivity contribution is 0.0829. The van der Waals surface area contributed by atoms with Crippen molar-refractivity contribution >= 4 is 46.4 Å². The minimum atomic E-state index is -0.589. The summed E-state index contributed by atoms with van der Waals surface area (Å²) in [4.78, 5) is 37.7. The van der Waals surface area contributed by atoms with Crippen LogP contribution in [-0.4, -0.2) is 23.4 Å². The fraction of sp³-hybridized carbons (Fsp3) is 0.182. The molecule has 1 aromatic carbocycles. The van der Waals surface area contributed by atoms with Gasteiger partial charge in [-0.25, -0.2) is 5.43 Å². The molecule has 1 aliphatic carbocycles. The van der Waals surface area contributed by atoms with Gasteiger partial charge in [0.05, 0.1) is 10.6 Å². The number of hydrogen-bond acceptors (Lipinski definition) is 6. The molecule has 0 saturated carbocycles. The number of nitrogens with one attached hydrogen (secondary N) is 3. The Morgan fingerprint density at radius 1 is 1.06 bits per heavy atom. The Balaban J connectivity index is 1.48. The SMILES string of the molecule is Cc1c(C(=O)NNC(=O)c2cccc(Cl)c2)oc2c1/C(=N/NC(=O)c1cccs1)CCC2. The van der Waals surface area contributed by atoms with Gasteiger partial charge in [-0.15, -0.1) is 11.3 Å². The normalized spacial score (nSPS) is 14.0. The Morgan fingerprint density at radius 2 is 1.88 bits per heavy atom. The van der Waals surface area contributed by atoms with Crippen LogP contribution >= 0.6 is 22.9 Å². The molecule has 4 rings (SSSR count). The summed E-state index contributed by atoms with van der Waals surface area (Å²) in [6.45, 7) is 1.75. The monoisotopic (exact) mass is 470 g/mol. The first-order chi connectivity index (χ1) is 15.4. The Kier molecular flexibility index (Phi) is 6.38. The van der Waals surface area contributed by atoms with Crippen LogP contribution in [0.1, 0.15) is 60.3 Å². The highest BCUT2D eigenvalue weighted by Crippen LogP contribution is 2.29. The van der Waals surface area contributed by atoms with E-state index < -0.39 is 11.8 Å². The third-order valence-electron chi connectivity index (χ3n) is 4.95. The van der Waals surface area contributed by atoms with E-state index in [1.165, 1.54) is 17.4 Å². The summed E-state index contributed by atoms with van der Waals surface area (Å²) >= 11 is 7.22. The molecule has 3 aromatic rings. The molecule has 0 fully saturated rings. The molecule has 0 bridgehead atoms. The predicted octanol–water partition coefficient (Wildman–Crippen LogP) is 3.85. The zero-order valence-electron chi connectivity index (χ0n) is 17.0. The summed E-state index contributed by atoms with van der Waals surface area (Å²) in [7, 11) is 0. The van der Waals surface area contributed by atoms with Crippen molar-refractivity contribution in [3.63, 3.8) is 0 Å². The van der Waals surface area contributed by atoms with Crippen molar-refractivity contribution in [1.29, 1.82) is 0 Å². The molecule has 0 atom stereocenters. The molecule has 3 N–H and O–H groups in total. The van der Waals surface area contributed by atoms with Crippen molar-refractivity contribution in [2.45, 2.75) is 26.2 Å². The van der Waals surface area contributed by atoms with Gasteiger partial charge in [-0.05, 0) is 49.4 Å². The molecule has 2 aromatic heterocycles. The van der Waals surface area contributed by atoms with E-state index in [9.17, 15) is 14.4 Å². The van der Waals surface area contributed by atoms with Crippen LogP contribution in [0.15, 0.2) is 51.3 Å². The third-order valence-corrected chi connectivity index (χ3v) is 6.05. The smallest absolute Gasteiger partial charge is 0.305 e. The Hall–Kier alpha value is -3.43. The van der Waals surface area contributed by atoms with E-state index in [-0.39, 0.29) is 11.7 Å². The predicted molar refractivity (Wildman–Crippen MR) is 121 cm³/mol. The molecule has 1 aliphatic rings. The summed E-state index contributed by atoms with van der Waals surface area (Å²) in [5.41, 5.74) is 9.57. The van der Waals surface area contributed by atoms with Crippen molar-refractivity contribution < 1.29 is 18.8 Å². The van der Waals surface area contributed by atoms with Gasteiger partial charge in [0.25, 0.3) is 11.8 Å². The van der Waals surface area contributed by atoms with E-state index in [4.69, 9.17) is 16.0 Å². The van der Waals surface area contributed by atoms with Crippen molar-refractivity contribution in [2.24, 2.45) is 5.10 Å². The van der Waals surface area contributed by atoms with Gasteiger partial charge < -0.3 is 4.42 Å². The Bertz CT molecular complexity index is 1220. The van der Waals surface area contributed by atoms with Gasteiger partial charge in [-0.2, -0.15) is 5.10 Å². The number of thiophene rings is 1. The standard InChI is InChI=1S/C22H19ClN4O4S/c1-12-18-15(24-26-21(29)17-9-4-10-32-17)7-3-8-16(18)31-19(12)22(30)27-25-20(28)13-5-2-6-14(23)11-13/h2,4-6,9-11H,3,7-8H2,1H3,(H,25,28)(H,26,29)(H,27,30)/b24-15+. The highest BCUT2D eigenvalue weighted by atomic mass is 35.5. The second-order valence-corrected chi connectivity index (χ2v) is 8.49. The summed E-state index contributed by atoms with van der Waals surface area (Å²) < 4.78 is 5.79. The summed E-state index contributed by atoms with van der Waals surface area (Å²) in [5, 5.41) is 6.52. The van der Waals surface area contributed by atoms with E-state index in [2.05, 4.69) is 21.4 Å². The maximum atomic E-state index is 12.7. The number of halogens is 1. The number of furan rings is 1. The molecule has 0 aliphatic heterocycles. The second kappa shape index (κ2) is 9.37. The average molecular weight is 471 g/mol. The maximum absolute atomic E-state index is 12.7. The van der Waals surface area contributed by atoms with E-state index in [0.29, 0.717) is 50.9 Å². The topological polar surface area (TPSA) is 113 Å². The van der Waals surface area contributed by atoms with Gasteiger partial charge >= 0.3 is 5.91 Å². The minimum Gasteiger partial charge on any atom is -0.455 e. The van der Waals surface area contributed by atoms with Crippen LogP contribution in [0.5, 0.6) is 0 Å². The van der Waals surface area contributed by atoms with Crippen LogP contribution < -0.4 is 16.3 Å². The number of hydrazone groups is 1. The molecule has 0 radical (unpaired) electrons. The second-order valence-electron chi connectivity index (χ2n) is 7.10. The molecule has 0 spiro atoms. The number of aryl methyl sites for hydroxylation is 1. The first kappa shape index (κ1) is 21.8. The van der Waals surface area contributed by atoms with Crippen LogP contribution in [0, 0.1) is 6.92 Å². The molecule has 0 unspecified atom stereocenters. The van der Waals surface area contributed by atoms with Crippen LogP contribution in [-0.2, 0) is 6.42 Å². The highest BCUT2D eigenvalue weighted by Gasteiger charge is 2.28. The lowest BCUT2D eigenvalue weighted by Crippen LogP contribution is -2.41. The van der Waals surface area contributed by atoms with Crippen molar-refractivity contribution in [3.05, 3.63) is 79.9 Å². The van der Waals surface area contributed by atoms with Crippen molar-refractivity contribution in [1.82, 2.24) is 16.3 Å². The van der Waals surface area contributed by atoms with Crippen molar-refractivity contribution in [3.8, 4) is 0 Å². The van der Waals surface area contributed by atoms with E-state index in [1.807, 2.05) is 5.38 Å². The van der Waals surface area contributed by atoms with Crippen LogP contribution in [0.4, 0.5) is 0 Å². The van der Waals surface area contributed by atoms with Gasteiger partial charge in [-0.3, -0.25) is 25.2 Å². The number of benzene rings is 1. The summed E-state index contributed by atoms with van der Waals surface area (Å²) in [6.07, 6.45) is 2.07. The summed E-state index contributed by atoms with van der Waals surface area (Å²) in [5.74, 6) is -0.671. The van der Waals surface area contributed by atoms with E-state index in [1.54, 1.807) is 37.3 Å². The van der Waals surface area contributed by atoms with E-state index in [0.717, 1.165) is 6.42 Å². The molecular weight excluding hydrogens is 452 g/mol. The fourth-order valence-electron chi connectivity index (χ4n) is 3.45. The lowest BCUT2D eigenvalue weighted by Gasteiger charge is -2.13. The number of hydrogen-bond donors (Lipinski definition) is 3. The molecule has 3 amide bonds. The quantitative estimate of drug-likeness (QED) is 0.502. The number of nitrogens with zero attached hydrogens (tertiary/aromatic N) is 1. The summed E-state index contributed by atoms with van der Waals surface area (Å²) in [6, 6.07) is 9.87. The number of rotatable bonds is 4. The molecule has 10 heteroatoms. The van der Waals surface area contributed by atoms with Crippen LogP contribution in [0.25, 0.3) is 0 Å². The Morgan fingerprint density at radius 3 is 2.62 bits per heavy atom.